The molecule has 2 heterocycles. The monoisotopic (exact) mass is 470 g/mol. The Hall–Kier alpha value is -0.790. The van der Waals surface area contributed by atoms with Crippen LogP contribution >= 0.6 is 11.3 Å². The fourth-order valence-electron chi connectivity index (χ4n) is 2.41. The van der Waals surface area contributed by atoms with Crippen molar-refractivity contribution >= 4 is 40.6 Å². The van der Waals surface area contributed by atoms with Gasteiger partial charge in [-0.15, -0.1) is 11.3 Å². The molecule has 0 saturated heterocycles. The Kier molecular flexibility index (Phi) is 21.1. The number of Topliss-reactive ketones (excluding diaryl/α,β-unsaturated/α-hetero) is 1. The van der Waals surface area contributed by atoms with Crippen LogP contribution in [0.3, 0.4) is 0 Å². The number of aliphatic hydroxyl groups excluding tert-OH is 1. The van der Waals surface area contributed by atoms with Gasteiger partial charge in [-0.05, 0) is 6.07 Å². The van der Waals surface area contributed by atoms with Crippen molar-refractivity contribution in [3.63, 3.8) is 0 Å². The van der Waals surface area contributed by atoms with Crippen molar-refractivity contribution in [2.24, 2.45) is 0 Å². The summed E-state index contributed by atoms with van der Waals surface area (Å²) in [4.78, 5) is 36.4. The molecule has 0 spiro atoms. The number of hydrogen-bond donors (Lipinski definition) is 1. The van der Waals surface area contributed by atoms with Crippen molar-refractivity contribution in [3.8, 4) is 0 Å². The number of fused-ring (bicyclic) bond motifs is 1. The Labute approximate surface area is 227 Å². The van der Waals surface area contributed by atoms with Gasteiger partial charge in [-0.2, -0.15) is 14.2 Å². The molecule has 0 bridgehead atoms. The number of rotatable bonds is 5. The largest absolute Gasteiger partial charge is 1.00 e. The third-order valence-corrected chi connectivity index (χ3v) is 4.39. The van der Waals surface area contributed by atoms with Crippen LogP contribution in [0.2, 0.25) is 0 Å². The Balaban J connectivity index is -0.000000904. The zero-order valence-corrected chi connectivity index (χ0v) is 23.0. The SMILES string of the molecule is C=O.CCC(=O)c1csc(C(=O)c2cn(CO)c3c(F)cccc23)n1.C[O-].C[O-].[Na+].[Na+]. The molecule has 0 unspecified atom stereocenters. The first-order valence-corrected chi connectivity index (χ1v) is 8.97. The van der Waals surface area contributed by atoms with Crippen LogP contribution in [0.15, 0.2) is 29.8 Å². The molecule has 0 saturated carbocycles. The molecule has 0 amide bonds. The third-order valence-electron chi connectivity index (χ3n) is 3.55. The third kappa shape index (κ3) is 8.58. The maximum atomic E-state index is 14.0. The number of nitrogens with zero attached hydrogens (tertiary/aromatic N) is 2. The van der Waals surface area contributed by atoms with Gasteiger partial charge in [-0.3, -0.25) is 9.59 Å². The van der Waals surface area contributed by atoms with E-state index in [1.54, 1.807) is 18.4 Å². The molecule has 1 aromatic carbocycles. The Morgan fingerprint density at radius 2 is 1.77 bits per heavy atom. The maximum Gasteiger partial charge on any atom is 1.00 e. The zero-order chi connectivity index (χ0) is 22.6. The Bertz CT molecular complexity index is 949. The summed E-state index contributed by atoms with van der Waals surface area (Å²) in [5, 5.41) is 28.0. The summed E-state index contributed by atoms with van der Waals surface area (Å²) in [6.07, 6.45) is 1.71. The number of carbonyl (C=O) groups is 3. The number of aromatic nitrogens is 2. The molecule has 3 aromatic rings. The van der Waals surface area contributed by atoms with E-state index in [1.807, 2.05) is 6.79 Å². The number of hydrogen-bond acceptors (Lipinski definition) is 8. The van der Waals surface area contributed by atoms with E-state index in [2.05, 4.69) is 4.98 Å². The van der Waals surface area contributed by atoms with E-state index in [0.717, 1.165) is 25.6 Å². The summed E-state index contributed by atoms with van der Waals surface area (Å²) < 4.78 is 15.2. The Morgan fingerprint density at radius 1 is 1.19 bits per heavy atom. The van der Waals surface area contributed by atoms with E-state index >= 15 is 0 Å². The van der Waals surface area contributed by atoms with Gasteiger partial charge in [-0.25, -0.2) is 9.37 Å². The second kappa shape index (κ2) is 18.8. The minimum atomic E-state index is -0.517. The number of para-hydroxylation sites is 1. The molecule has 0 radical (unpaired) electrons. The molecule has 2 aromatic heterocycles. The van der Waals surface area contributed by atoms with Gasteiger partial charge in [0.2, 0.25) is 5.78 Å². The molecule has 0 aliphatic heterocycles. The van der Waals surface area contributed by atoms with Crippen LogP contribution in [0.25, 0.3) is 10.9 Å². The molecule has 158 valence electrons. The van der Waals surface area contributed by atoms with Crippen LogP contribution in [0.4, 0.5) is 4.39 Å². The van der Waals surface area contributed by atoms with Crippen LogP contribution in [-0.2, 0) is 11.5 Å². The summed E-state index contributed by atoms with van der Waals surface area (Å²) in [6, 6.07) is 4.39. The summed E-state index contributed by atoms with van der Waals surface area (Å²) in [5.41, 5.74) is 0.677. The number of halogens is 1. The van der Waals surface area contributed by atoms with Gasteiger partial charge in [0, 0.05) is 23.4 Å². The first-order valence-electron chi connectivity index (χ1n) is 8.09. The molecule has 3 rings (SSSR count). The fraction of sp³-hybridized carbons (Fsp3) is 0.263. The topological polar surface area (TPSA) is 135 Å². The average molecular weight is 470 g/mol. The van der Waals surface area contributed by atoms with Gasteiger partial charge in [-0.1, -0.05) is 19.1 Å². The summed E-state index contributed by atoms with van der Waals surface area (Å²) >= 11 is 1.08. The van der Waals surface area contributed by atoms with Crippen molar-refractivity contribution in [1.29, 1.82) is 0 Å². The van der Waals surface area contributed by atoms with Gasteiger partial charge in [0.25, 0.3) is 0 Å². The molecular formula is C19H21FN2Na2O6S. The molecule has 0 fully saturated rings. The number of carbonyl (C=O) groups excluding carboxylic acids is 3. The van der Waals surface area contributed by atoms with E-state index < -0.39 is 18.3 Å². The second-order valence-corrected chi connectivity index (χ2v) is 5.79. The quantitative estimate of drug-likeness (QED) is 0.291. The normalized spacial score (nSPS) is 8.74. The predicted molar refractivity (Wildman–Crippen MR) is 103 cm³/mol. The van der Waals surface area contributed by atoms with Crippen LogP contribution < -0.4 is 69.3 Å². The van der Waals surface area contributed by atoms with Crippen molar-refractivity contribution in [1.82, 2.24) is 9.55 Å². The molecule has 12 heteroatoms. The first-order chi connectivity index (χ1) is 14.1. The zero-order valence-electron chi connectivity index (χ0n) is 18.2. The van der Waals surface area contributed by atoms with Crippen molar-refractivity contribution < 1.29 is 93.2 Å². The number of benzene rings is 1. The molecule has 8 nitrogen and oxygen atoms in total. The standard InChI is InChI=1S/C16H13FN2O3S.2CH3O.CH2O.2Na/c1-2-13(21)12-7-23-16(18-12)15(22)10-6-19(8-20)14-9(10)4-3-5-11(14)17;3*1-2;;/h3-7,20H,2,8H2,1H3;2*1H3;1H2;;/q;2*-1;;2*+1. The van der Waals surface area contributed by atoms with Gasteiger partial charge in [0.15, 0.2) is 10.8 Å². The molecule has 0 aliphatic rings. The number of ketones is 2. The van der Waals surface area contributed by atoms with E-state index in [9.17, 15) is 19.1 Å². The average Bonchev–Trinajstić information content (AvgIpc) is 3.43. The van der Waals surface area contributed by atoms with Crippen molar-refractivity contribution in [3.05, 3.63) is 51.9 Å². The van der Waals surface area contributed by atoms with Crippen molar-refractivity contribution in [2.45, 2.75) is 20.1 Å². The summed E-state index contributed by atoms with van der Waals surface area (Å²) in [6.45, 7) is 3.28. The summed E-state index contributed by atoms with van der Waals surface area (Å²) in [7, 11) is 1.50. The molecule has 1 N–H and O–H groups in total. The number of thiazole rings is 1. The minimum absolute atomic E-state index is 0. The summed E-state index contributed by atoms with van der Waals surface area (Å²) in [5.74, 6) is -1.05. The molecule has 0 aliphatic carbocycles. The van der Waals surface area contributed by atoms with E-state index in [0.29, 0.717) is 11.8 Å². The van der Waals surface area contributed by atoms with E-state index in [-0.39, 0.29) is 86.7 Å². The van der Waals surface area contributed by atoms with Crippen LogP contribution in [0, 0.1) is 5.82 Å². The Morgan fingerprint density at radius 3 is 2.29 bits per heavy atom. The smallest absolute Gasteiger partial charge is 0.857 e. The molecule has 31 heavy (non-hydrogen) atoms. The predicted octanol–water partition coefficient (Wildman–Crippen LogP) is -5.21. The van der Waals surface area contributed by atoms with Gasteiger partial charge in [0.1, 0.15) is 25.0 Å². The minimum Gasteiger partial charge on any atom is -0.857 e. The van der Waals surface area contributed by atoms with Crippen molar-refractivity contribution in [2.75, 3.05) is 14.2 Å². The fourth-order valence-corrected chi connectivity index (χ4v) is 3.18. The molecular weight excluding hydrogens is 449 g/mol. The second-order valence-electron chi connectivity index (χ2n) is 4.93. The van der Waals surface area contributed by atoms with Gasteiger partial charge in [0.05, 0.1) is 11.1 Å². The molecule has 0 atom stereocenters. The van der Waals surface area contributed by atoms with Gasteiger partial charge >= 0.3 is 59.1 Å². The van der Waals surface area contributed by atoms with Gasteiger partial charge < -0.3 is 24.7 Å². The number of aliphatic hydroxyl groups is 1. The van der Waals surface area contributed by atoms with Crippen LogP contribution in [-0.4, -0.2) is 47.2 Å². The maximum absolute atomic E-state index is 14.0. The van der Waals surface area contributed by atoms with E-state index in [1.165, 1.54) is 22.9 Å². The van der Waals surface area contributed by atoms with Crippen LogP contribution in [0.5, 0.6) is 0 Å². The first kappa shape index (κ1) is 34.8. The van der Waals surface area contributed by atoms with Crippen LogP contribution in [0.1, 0.15) is 39.2 Å². The van der Waals surface area contributed by atoms with E-state index in [4.69, 9.17) is 15.0 Å².